The topological polar surface area (TPSA) is 9.23 Å². The van der Waals surface area contributed by atoms with Gasteiger partial charge in [0.2, 0.25) is 0 Å². The lowest BCUT2D eigenvalue weighted by Gasteiger charge is -1.99. The van der Waals surface area contributed by atoms with E-state index in [0.29, 0.717) is 0 Å². The van der Waals surface area contributed by atoms with Gasteiger partial charge in [-0.15, -0.1) is 0 Å². The van der Waals surface area contributed by atoms with Crippen molar-refractivity contribution in [2.75, 3.05) is 7.11 Å². The van der Waals surface area contributed by atoms with Gasteiger partial charge in [0.25, 0.3) is 0 Å². The van der Waals surface area contributed by atoms with Crippen LogP contribution in [0.1, 0.15) is 19.4 Å². The lowest BCUT2D eigenvalue weighted by atomic mass is 10.1. The van der Waals surface area contributed by atoms with Crippen molar-refractivity contribution in [3.8, 4) is 5.75 Å². The summed E-state index contributed by atoms with van der Waals surface area (Å²) in [7, 11) is 1.68. The molecule has 0 bridgehead atoms. The first-order valence-electron chi connectivity index (χ1n) is 4.71. The Labute approximate surface area is 85.7 Å². The molecule has 0 saturated carbocycles. The molecule has 0 saturated heterocycles. The minimum absolute atomic E-state index is 0.894. The molecule has 0 unspecified atom stereocenters. The first-order chi connectivity index (χ1) is 6.76. The molecule has 1 aromatic carbocycles. The molecule has 1 aromatic rings. The van der Waals surface area contributed by atoms with Gasteiger partial charge in [0.1, 0.15) is 5.75 Å². The van der Waals surface area contributed by atoms with Gasteiger partial charge in [-0.1, -0.05) is 35.9 Å². The normalized spacial score (nSPS) is 12.1. The molecule has 0 fully saturated rings. The Morgan fingerprint density at radius 3 is 2.79 bits per heavy atom. The molecule has 1 heteroatoms. The van der Waals surface area contributed by atoms with Gasteiger partial charge in [-0.2, -0.15) is 0 Å². The van der Waals surface area contributed by atoms with E-state index in [2.05, 4.69) is 31.2 Å². The van der Waals surface area contributed by atoms with Crippen LogP contribution in [0.4, 0.5) is 0 Å². The van der Waals surface area contributed by atoms with Crippen LogP contribution in [-0.2, 0) is 0 Å². The second-order valence-electron chi connectivity index (χ2n) is 3.14. The summed E-state index contributed by atoms with van der Waals surface area (Å²) in [6.07, 6.45) is 6.25. The SMILES string of the molecule is C/C=C(C)/C=C/c1cccc(OC)c1. The molecule has 1 rings (SSSR count). The number of ether oxygens (including phenoxy) is 1. The predicted molar refractivity (Wildman–Crippen MR) is 61.5 cm³/mol. The van der Waals surface area contributed by atoms with Gasteiger partial charge in [-0.3, -0.25) is 0 Å². The maximum absolute atomic E-state index is 5.14. The van der Waals surface area contributed by atoms with E-state index >= 15 is 0 Å². The summed E-state index contributed by atoms with van der Waals surface area (Å²) in [6, 6.07) is 8.00. The van der Waals surface area contributed by atoms with Gasteiger partial charge in [0, 0.05) is 0 Å². The third-order valence-corrected chi connectivity index (χ3v) is 2.09. The molecular weight excluding hydrogens is 172 g/mol. The van der Waals surface area contributed by atoms with Gasteiger partial charge in [-0.05, 0) is 31.5 Å². The third kappa shape index (κ3) is 3.09. The Morgan fingerprint density at radius 2 is 2.14 bits per heavy atom. The molecule has 0 radical (unpaired) electrons. The van der Waals surface area contributed by atoms with Crippen LogP contribution in [0.15, 0.2) is 42.0 Å². The zero-order chi connectivity index (χ0) is 10.4. The maximum Gasteiger partial charge on any atom is 0.119 e. The van der Waals surface area contributed by atoms with Gasteiger partial charge >= 0.3 is 0 Å². The Hall–Kier alpha value is -1.50. The van der Waals surface area contributed by atoms with Crippen molar-refractivity contribution in [2.45, 2.75) is 13.8 Å². The summed E-state index contributed by atoms with van der Waals surface area (Å²) in [5, 5.41) is 0. The van der Waals surface area contributed by atoms with E-state index in [4.69, 9.17) is 4.74 Å². The summed E-state index contributed by atoms with van der Waals surface area (Å²) in [5.74, 6) is 0.894. The van der Waals surface area contributed by atoms with Crippen molar-refractivity contribution in [3.05, 3.63) is 47.6 Å². The van der Waals surface area contributed by atoms with Gasteiger partial charge in [0.15, 0.2) is 0 Å². The molecule has 1 nitrogen and oxygen atoms in total. The highest BCUT2D eigenvalue weighted by Gasteiger charge is 1.90. The summed E-state index contributed by atoms with van der Waals surface area (Å²) in [4.78, 5) is 0. The average Bonchev–Trinajstić information content (AvgIpc) is 2.26. The first-order valence-corrected chi connectivity index (χ1v) is 4.71. The maximum atomic E-state index is 5.14. The third-order valence-electron chi connectivity index (χ3n) is 2.09. The second kappa shape index (κ2) is 5.28. The van der Waals surface area contributed by atoms with Crippen molar-refractivity contribution < 1.29 is 4.74 Å². The lowest BCUT2D eigenvalue weighted by Crippen LogP contribution is -1.82. The van der Waals surface area contributed by atoms with Gasteiger partial charge < -0.3 is 4.74 Å². The van der Waals surface area contributed by atoms with E-state index < -0.39 is 0 Å². The van der Waals surface area contributed by atoms with E-state index in [1.54, 1.807) is 7.11 Å². The highest BCUT2D eigenvalue weighted by molar-refractivity contribution is 5.54. The standard InChI is InChI=1S/C13H16O/c1-4-11(2)8-9-12-6-5-7-13(10-12)14-3/h4-10H,1-3H3/b9-8+,11-4+. The molecule has 0 heterocycles. The Bertz CT molecular complexity index is 348. The number of methoxy groups -OCH3 is 1. The molecule has 0 aliphatic heterocycles. The van der Waals surface area contributed by atoms with Gasteiger partial charge in [0.05, 0.1) is 7.11 Å². The highest BCUT2D eigenvalue weighted by atomic mass is 16.5. The molecule has 0 N–H and O–H groups in total. The molecule has 14 heavy (non-hydrogen) atoms. The molecule has 0 aliphatic carbocycles. The number of hydrogen-bond donors (Lipinski definition) is 0. The van der Waals surface area contributed by atoms with Crippen molar-refractivity contribution >= 4 is 6.08 Å². The van der Waals surface area contributed by atoms with Crippen LogP contribution in [0.3, 0.4) is 0 Å². The summed E-state index contributed by atoms with van der Waals surface area (Å²) in [6.45, 7) is 4.11. The largest absolute Gasteiger partial charge is 0.497 e. The summed E-state index contributed by atoms with van der Waals surface area (Å²) < 4.78 is 5.14. The minimum Gasteiger partial charge on any atom is -0.497 e. The Balaban J connectivity index is 2.81. The summed E-state index contributed by atoms with van der Waals surface area (Å²) in [5.41, 5.74) is 2.42. The van der Waals surface area contributed by atoms with Crippen LogP contribution in [0.25, 0.3) is 6.08 Å². The Morgan fingerprint density at radius 1 is 1.36 bits per heavy atom. The first kappa shape index (κ1) is 10.6. The molecular formula is C13H16O. The van der Waals surface area contributed by atoms with E-state index in [1.807, 2.05) is 25.1 Å². The van der Waals surface area contributed by atoms with E-state index in [9.17, 15) is 0 Å². The van der Waals surface area contributed by atoms with E-state index in [1.165, 1.54) is 5.57 Å². The minimum atomic E-state index is 0.894. The smallest absolute Gasteiger partial charge is 0.119 e. The van der Waals surface area contributed by atoms with Crippen molar-refractivity contribution in [1.29, 1.82) is 0 Å². The lowest BCUT2D eigenvalue weighted by molar-refractivity contribution is 0.414. The van der Waals surface area contributed by atoms with Crippen molar-refractivity contribution in [1.82, 2.24) is 0 Å². The average molecular weight is 188 g/mol. The molecule has 0 spiro atoms. The fourth-order valence-electron chi connectivity index (χ4n) is 1.07. The molecule has 0 amide bonds. The molecule has 0 atom stereocenters. The van der Waals surface area contributed by atoms with Crippen LogP contribution in [0.2, 0.25) is 0 Å². The summed E-state index contributed by atoms with van der Waals surface area (Å²) >= 11 is 0. The zero-order valence-electron chi connectivity index (χ0n) is 8.95. The highest BCUT2D eigenvalue weighted by Crippen LogP contribution is 2.14. The van der Waals surface area contributed by atoms with E-state index in [0.717, 1.165) is 11.3 Å². The van der Waals surface area contributed by atoms with Crippen LogP contribution in [-0.4, -0.2) is 7.11 Å². The molecule has 0 aliphatic rings. The molecule has 0 aromatic heterocycles. The van der Waals surface area contributed by atoms with Crippen LogP contribution >= 0.6 is 0 Å². The van der Waals surface area contributed by atoms with Crippen LogP contribution in [0, 0.1) is 0 Å². The number of allylic oxidation sites excluding steroid dienone is 3. The number of benzene rings is 1. The van der Waals surface area contributed by atoms with Gasteiger partial charge in [-0.25, -0.2) is 0 Å². The van der Waals surface area contributed by atoms with Crippen LogP contribution in [0.5, 0.6) is 5.75 Å². The fraction of sp³-hybridized carbons (Fsp3) is 0.231. The number of hydrogen-bond acceptors (Lipinski definition) is 1. The predicted octanol–water partition coefficient (Wildman–Crippen LogP) is 3.67. The monoisotopic (exact) mass is 188 g/mol. The van der Waals surface area contributed by atoms with E-state index in [-0.39, 0.29) is 0 Å². The second-order valence-corrected chi connectivity index (χ2v) is 3.14. The van der Waals surface area contributed by atoms with Crippen molar-refractivity contribution in [2.24, 2.45) is 0 Å². The quantitative estimate of drug-likeness (QED) is 0.657. The number of rotatable bonds is 3. The zero-order valence-corrected chi connectivity index (χ0v) is 8.95. The Kier molecular flexibility index (Phi) is 3.99. The van der Waals surface area contributed by atoms with Crippen molar-refractivity contribution in [3.63, 3.8) is 0 Å². The molecule has 74 valence electrons. The fourth-order valence-corrected chi connectivity index (χ4v) is 1.07. The van der Waals surface area contributed by atoms with Crippen LogP contribution < -0.4 is 4.74 Å².